The summed E-state index contributed by atoms with van der Waals surface area (Å²) in [6.07, 6.45) is -4.89. The Labute approximate surface area is 160 Å². The van der Waals surface area contributed by atoms with Gasteiger partial charge in [-0.15, -0.1) is 13.2 Å². The molecule has 0 unspecified atom stereocenters. The molecule has 0 aliphatic carbocycles. The molecule has 1 N–H and O–H groups in total. The number of rotatable bonds is 6. The Balaban J connectivity index is 1.69. The summed E-state index contributed by atoms with van der Waals surface area (Å²) < 4.78 is 47.1. The van der Waals surface area contributed by atoms with E-state index in [1.54, 1.807) is 30.3 Å². The van der Waals surface area contributed by atoms with Crippen LogP contribution in [0.5, 0.6) is 11.7 Å². The number of carbonyl (C=O) groups is 1. The molecule has 0 aliphatic heterocycles. The Kier molecular flexibility index (Phi) is 5.73. The monoisotopic (exact) mass is 411 g/mol. The van der Waals surface area contributed by atoms with E-state index in [1.165, 1.54) is 22.9 Å². The number of aromatic nitrogens is 2. The van der Waals surface area contributed by atoms with Gasteiger partial charge in [0.15, 0.2) is 11.7 Å². The van der Waals surface area contributed by atoms with Gasteiger partial charge in [0.2, 0.25) is 11.6 Å². The van der Waals surface area contributed by atoms with Crippen LogP contribution in [0.3, 0.4) is 0 Å². The number of benzene rings is 2. The molecule has 0 bridgehead atoms. The Hall–Kier alpha value is -3.21. The minimum Gasteiger partial charge on any atom is -0.538 e. The molecule has 0 fully saturated rings. The van der Waals surface area contributed by atoms with Crippen LogP contribution in [-0.2, 0) is 4.79 Å². The highest BCUT2D eigenvalue weighted by Gasteiger charge is 2.32. The quantitative estimate of drug-likeness (QED) is 0.495. The first-order chi connectivity index (χ1) is 13.3. The minimum absolute atomic E-state index is 0.0566. The number of thioether (sulfide) groups is 1. The van der Waals surface area contributed by atoms with Gasteiger partial charge in [0.05, 0.1) is 16.7 Å². The number of para-hydroxylation sites is 3. The van der Waals surface area contributed by atoms with Crippen LogP contribution in [0.25, 0.3) is 5.69 Å². The number of nitrogens with zero attached hydrogens (tertiary/aromatic N) is 2. The van der Waals surface area contributed by atoms with Gasteiger partial charge in [-0.05, 0) is 28.6 Å². The number of alkyl halides is 3. The number of hydrogen-bond donors (Lipinski definition) is 1. The lowest BCUT2D eigenvalue weighted by atomic mass is 10.3. The van der Waals surface area contributed by atoms with Crippen molar-refractivity contribution >= 4 is 23.4 Å². The van der Waals surface area contributed by atoms with E-state index in [0.29, 0.717) is 5.69 Å². The van der Waals surface area contributed by atoms with Crippen LogP contribution in [0.4, 0.5) is 18.9 Å². The summed E-state index contributed by atoms with van der Waals surface area (Å²) in [5.41, 5.74) is 0.411. The van der Waals surface area contributed by atoms with Crippen molar-refractivity contribution in [2.75, 3.05) is 11.1 Å². The zero-order valence-electron chi connectivity index (χ0n) is 14.0. The molecule has 11 heteroatoms. The van der Waals surface area contributed by atoms with E-state index in [9.17, 15) is 23.1 Å². The maximum atomic E-state index is 12.4. The summed E-state index contributed by atoms with van der Waals surface area (Å²) in [5.74, 6) is -2.17. The summed E-state index contributed by atoms with van der Waals surface area (Å²) in [6.45, 7) is 0. The SMILES string of the molecule is O=C(CSc1c([O-])on[n+]1-c1ccccc1)Nc1ccccc1OC(F)(F)F. The summed E-state index contributed by atoms with van der Waals surface area (Å²) in [5, 5.41) is 17.9. The molecule has 7 nitrogen and oxygen atoms in total. The Bertz CT molecular complexity index is 964. The molecule has 3 aromatic rings. The number of carbonyl (C=O) groups excluding carboxylic acids is 1. The van der Waals surface area contributed by atoms with Crippen LogP contribution >= 0.6 is 11.8 Å². The normalized spacial score (nSPS) is 11.2. The van der Waals surface area contributed by atoms with Crippen LogP contribution in [0.1, 0.15) is 0 Å². The summed E-state index contributed by atoms with van der Waals surface area (Å²) >= 11 is 0.841. The van der Waals surface area contributed by atoms with Gasteiger partial charge in [-0.25, -0.2) is 0 Å². The number of hydrogen-bond acceptors (Lipinski definition) is 6. The van der Waals surface area contributed by atoms with Crippen LogP contribution < -0.4 is 19.8 Å². The van der Waals surface area contributed by atoms with Crippen molar-refractivity contribution in [3.8, 4) is 17.4 Å². The highest BCUT2D eigenvalue weighted by atomic mass is 32.2. The summed E-state index contributed by atoms with van der Waals surface area (Å²) in [6, 6.07) is 13.8. The molecule has 0 spiro atoms. The fraction of sp³-hybridized carbons (Fsp3) is 0.118. The second-order valence-electron chi connectivity index (χ2n) is 5.29. The van der Waals surface area contributed by atoms with E-state index in [2.05, 4.69) is 19.8 Å². The Morgan fingerprint density at radius 1 is 1.18 bits per heavy atom. The smallest absolute Gasteiger partial charge is 0.538 e. The van der Waals surface area contributed by atoms with Gasteiger partial charge in [0.25, 0.3) is 5.03 Å². The largest absolute Gasteiger partial charge is 0.573 e. The Morgan fingerprint density at radius 3 is 2.57 bits per heavy atom. The van der Waals surface area contributed by atoms with E-state index in [4.69, 9.17) is 0 Å². The van der Waals surface area contributed by atoms with Gasteiger partial charge in [-0.3, -0.25) is 4.79 Å². The molecule has 146 valence electrons. The molecule has 1 amide bonds. The van der Waals surface area contributed by atoms with Crippen LogP contribution in [-0.4, -0.2) is 23.3 Å². The molecule has 1 heterocycles. The molecule has 0 saturated heterocycles. The molecule has 0 radical (unpaired) electrons. The van der Waals surface area contributed by atoms with Crippen molar-refractivity contribution in [1.29, 1.82) is 0 Å². The molecular weight excluding hydrogens is 399 g/mol. The number of amides is 1. The first-order valence-corrected chi connectivity index (χ1v) is 8.74. The molecule has 2 aromatic carbocycles. The highest BCUT2D eigenvalue weighted by Crippen LogP contribution is 2.30. The van der Waals surface area contributed by atoms with Crippen LogP contribution in [0.2, 0.25) is 0 Å². The molecule has 1 aromatic heterocycles. The van der Waals surface area contributed by atoms with E-state index in [1.807, 2.05) is 0 Å². The minimum atomic E-state index is -4.89. The number of halogens is 3. The van der Waals surface area contributed by atoms with Gasteiger partial charge in [-0.1, -0.05) is 30.3 Å². The van der Waals surface area contributed by atoms with Crippen molar-refractivity contribution in [2.24, 2.45) is 0 Å². The summed E-state index contributed by atoms with van der Waals surface area (Å²) in [4.78, 5) is 12.2. The van der Waals surface area contributed by atoms with Crippen molar-refractivity contribution in [3.63, 3.8) is 0 Å². The van der Waals surface area contributed by atoms with Gasteiger partial charge >= 0.3 is 6.36 Å². The third kappa shape index (κ3) is 4.94. The Morgan fingerprint density at radius 2 is 1.86 bits per heavy atom. The van der Waals surface area contributed by atoms with Crippen LogP contribution in [0, 0.1) is 0 Å². The van der Waals surface area contributed by atoms with Crippen molar-refractivity contribution in [1.82, 2.24) is 5.27 Å². The van der Waals surface area contributed by atoms with Crippen LogP contribution in [0.15, 0.2) is 64.1 Å². The fourth-order valence-electron chi connectivity index (χ4n) is 2.20. The molecular formula is C17H12F3N3O4S. The number of nitrogens with one attached hydrogen (secondary N) is 1. The maximum absolute atomic E-state index is 12.4. The van der Waals surface area contributed by atoms with Gasteiger partial charge in [0.1, 0.15) is 0 Å². The van der Waals surface area contributed by atoms with Gasteiger partial charge < -0.3 is 19.7 Å². The molecule has 0 saturated carbocycles. The second-order valence-corrected chi connectivity index (χ2v) is 6.26. The number of anilines is 1. The third-order valence-electron chi connectivity index (χ3n) is 3.30. The predicted octanol–water partition coefficient (Wildman–Crippen LogP) is 2.65. The fourth-order valence-corrected chi connectivity index (χ4v) is 2.95. The average Bonchev–Trinajstić information content (AvgIpc) is 3.02. The number of ether oxygens (including phenoxy) is 1. The van der Waals surface area contributed by atoms with E-state index in [-0.39, 0.29) is 16.5 Å². The van der Waals surface area contributed by atoms with Gasteiger partial charge in [0, 0.05) is 12.1 Å². The van der Waals surface area contributed by atoms with Gasteiger partial charge in [-0.2, -0.15) is 0 Å². The predicted molar refractivity (Wildman–Crippen MR) is 90.0 cm³/mol. The van der Waals surface area contributed by atoms with E-state index >= 15 is 0 Å². The summed E-state index contributed by atoms with van der Waals surface area (Å²) in [7, 11) is 0. The zero-order chi connectivity index (χ0) is 20.1. The highest BCUT2D eigenvalue weighted by molar-refractivity contribution is 7.99. The van der Waals surface area contributed by atoms with E-state index in [0.717, 1.165) is 17.8 Å². The molecule has 3 rings (SSSR count). The first kappa shape index (κ1) is 19.5. The van der Waals surface area contributed by atoms with E-state index < -0.39 is 24.0 Å². The molecule has 0 aliphatic rings. The van der Waals surface area contributed by atoms with Crippen molar-refractivity contribution in [2.45, 2.75) is 11.4 Å². The standard InChI is InChI=1S/C17H12F3N3O4S/c18-17(19,20)26-13-9-5-4-8-12(13)21-14(24)10-28-15-16(25)27-22-23(15)11-6-2-1-3-7-11/h1-9H,10H2,(H-,21,22,24,25). The van der Waals surface area contributed by atoms with Crippen molar-refractivity contribution < 1.29 is 37.0 Å². The third-order valence-corrected chi connectivity index (χ3v) is 4.32. The molecule has 28 heavy (non-hydrogen) atoms. The lowest BCUT2D eigenvalue weighted by Crippen LogP contribution is -2.35. The zero-order valence-corrected chi connectivity index (χ0v) is 14.8. The average molecular weight is 411 g/mol. The maximum Gasteiger partial charge on any atom is 0.573 e. The van der Waals surface area contributed by atoms with Crippen molar-refractivity contribution in [3.05, 3.63) is 54.6 Å². The lowest BCUT2D eigenvalue weighted by molar-refractivity contribution is -0.705. The topological polar surface area (TPSA) is 91.3 Å². The second kappa shape index (κ2) is 8.21. The lowest BCUT2D eigenvalue weighted by Gasteiger charge is -2.13. The first-order valence-electron chi connectivity index (χ1n) is 7.75. The molecule has 0 atom stereocenters.